The van der Waals surface area contributed by atoms with Gasteiger partial charge >= 0.3 is 11.7 Å². The van der Waals surface area contributed by atoms with E-state index in [-0.39, 0.29) is 19.1 Å². The van der Waals surface area contributed by atoms with Gasteiger partial charge in [0.15, 0.2) is 11.2 Å². The van der Waals surface area contributed by atoms with Crippen LogP contribution in [0.2, 0.25) is 0 Å². The quantitative estimate of drug-likeness (QED) is 0.455. The molecular weight excluding hydrogens is 408 g/mol. The maximum atomic E-state index is 12.8. The van der Waals surface area contributed by atoms with Crippen molar-refractivity contribution < 1.29 is 9.53 Å². The van der Waals surface area contributed by atoms with Crippen molar-refractivity contribution >= 4 is 17.1 Å². The zero-order valence-corrected chi connectivity index (χ0v) is 17.4. The van der Waals surface area contributed by atoms with Crippen molar-refractivity contribution in [2.75, 3.05) is 0 Å². The number of benzene rings is 2. The monoisotopic (exact) mass is 430 g/mol. The molecule has 0 saturated heterocycles. The molecule has 8 nitrogen and oxygen atoms in total. The molecule has 32 heavy (non-hydrogen) atoms. The molecule has 0 atom stereocenters. The molecule has 0 amide bonds. The highest BCUT2D eigenvalue weighted by Crippen LogP contribution is 2.35. The summed E-state index contributed by atoms with van der Waals surface area (Å²) in [6.07, 6.45) is 1.62. The molecule has 4 aromatic rings. The van der Waals surface area contributed by atoms with E-state index < -0.39 is 17.2 Å². The molecular formula is C24H22N4O4. The van der Waals surface area contributed by atoms with Gasteiger partial charge in [0.2, 0.25) is 0 Å². The number of ether oxygens (including phenoxy) is 1. The van der Waals surface area contributed by atoms with Gasteiger partial charge in [0.25, 0.3) is 5.56 Å². The standard InChI is InChI=1S/C24H22N4O4/c29-20(32-15-17-9-5-2-6-10-17)13-19-25-22-21(27(19)14-16-7-3-1-4-8-16)23(30)26-24(31)28(22)18-11-12-18/h1-10,18H,11-15H2,(H,26,30,31). The van der Waals surface area contributed by atoms with Crippen LogP contribution in [0, 0.1) is 0 Å². The van der Waals surface area contributed by atoms with Crippen LogP contribution in [-0.4, -0.2) is 25.1 Å². The van der Waals surface area contributed by atoms with Crippen LogP contribution in [0.3, 0.4) is 0 Å². The molecule has 1 N–H and O–H groups in total. The maximum Gasteiger partial charge on any atom is 0.330 e. The second kappa shape index (κ2) is 8.30. The predicted octanol–water partition coefficient (Wildman–Crippen LogP) is 2.56. The highest BCUT2D eigenvalue weighted by atomic mass is 16.5. The molecule has 1 aliphatic carbocycles. The Morgan fingerprint density at radius 3 is 2.31 bits per heavy atom. The van der Waals surface area contributed by atoms with Gasteiger partial charge in [0.1, 0.15) is 18.9 Å². The Morgan fingerprint density at radius 2 is 1.66 bits per heavy atom. The van der Waals surface area contributed by atoms with Crippen LogP contribution in [0.15, 0.2) is 70.3 Å². The van der Waals surface area contributed by atoms with Crippen molar-refractivity contribution in [3.8, 4) is 0 Å². The minimum absolute atomic E-state index is 0.0276. The van der Waals surface area contributed by atoms with Crippen LogP contribution in [0.1, 0.15) is 35.8 Å². The van der Waals surface area contributed by atoms with Crippen molar-refractivity contribution in [2.24, 2.45) is 0 Å². The van der Waals surface area contributed by atoms with Crippen molar-refractivity contribution in [1.82, 2.24) is 19.1 Å². The summed E-state index contributed by atoms with van der Waals surface area (Å²) < 4.78 is 8.68. The zero-order chi connectivity index (χ0) is 22.1. The third kappa shape index (κ3) is 3.99. The Morgan fingerprint density at radius 1 is 1.00 bits per heavy atom. The van der Waals surface area contributed by atoms with Gasteiger partial charge in [0, 0.05) is 12.6 Å². The van der Waals surface area contributed by atoms with Crippen LogP contribution in [-0.2, 0) is 29.1 Å². The van der Waals surface area contributed by atoms with Crippen molar-refractivity contribution in [3.63, 3.8) is 0 Å². The van der Waals surface area contributed by atoms with Gasteiger partial charge in [-0.25, -0.2) is 9.78 Å². The molecule has 1 saturated carbocycles. The number of hydrogen-bond donors (Lipinski definition) is 1. The summed E-state index contributed by atoms with van der Waals surface area (Å²) in [5.41, 5.74) is 1.49. The molecule has 0 unspecified atom stereocenters. The van der Waals surface area contributed by atoms with E-state index in [1.807, 2.05) is 60.7 Å². The van der Waals surface area contributed by atoms with Crippen molar-refractivity contribution in [1.29, 1.82) is 0 Å². The predicted molar refractivity (Wildman–Crippen MR) is 118 cm³/mol. The third-order valence-electron chi connectivity index (χ3n) is 5.55. The molecule has 1 fully saturated rings. The molecule has 0 bridgehead atoms. The lowest BCUT2D eigenvalue weighted by atomic mass is 10.2. The van der Waals surface area contributed by atoms with Crippen LogP contribution >= 0.6 is 0 Å². The smallest absolute Gasteiger partial charge is 0.330 e. The number of rotatable bonds is 7. The second-order valence-corrected chi connectivity index (χ2v) is 7.96. The van der Waals surface area contributed by atoms with E-state index in [0.29, 0.717) is 23.5 Å². The lowest BCUT2D eigenvalue weighted by molar-refractivity contribution is -0.144. The van der Waals surface area contributed by atoms with E-state index in [4.69, 9.17) is 4.74 Å². The van der Waals surface area contributed by atoms with Gasteiger partial charge in [-0.1, -0.05) is 60.7 Å². The summed E-state index contributed by atoms with van der Waals surface area (Å²) in [5, 5.41) is 0. The molecule has 0 spiro atoms. The van der Waals surface area contributed by atoms with Gasteiger partial charge in [-0.05, 0) is 24.0 Å². The van der Waals surface area contributed by atoms with Gasteiger partial charge in [-0.2, -0.15) is 0 Å². The molecule has 1 aliphatic rings. The minimum Gasteiger partial charge on any atom is -0.460 e. The van der Waals surface area contributed by atoms with Gasteiger partial charge in [-0.3, -0.25) is 19.1 Å². The third-order valence-corrected chi connectivity index (χ3v) is 5.55. The Kier molecular flexibility index (Phi) is 5.18. The first-order chi connectivity index (χ1) is 15.6. The van der Waals surface area contributed by atoms with Crippen molar-refractivity contribution in [2.45, 2.75) is 38.5 Å². The molecule has 0 aliphatic heterocycles. The van der Waals surface area contributed by atoms with Gasteiger partial charge in [-0.15, -0.1) is 0 Å². The number of H-pyrrole nitrogens is 1. The van der Waals surface area contributed by atoms with Crippen LogP contribution in [0.5, 0.6) is 0 Å². The summed E-state index contributed by atoms with van der Waals surface area (Å²) in [5.74, 6) is -0.0531. The number of esters is 1. The number of aromatic nitrogens is 4. The molecule has 2 aromatic carbocycles. The molecule has 2 aromatic heterocycles. The van der Waals surface area contributed by atoms with E-state index in [0.717, 1.165) is 24.0 Å². The number of hydrogen-bond acceptors (Lipinski definition) is 5. The zero-order valence-electron chi connectivity index (χ0n) is 17.4. The molecule has 2 heterocycles. The Labute approximate surface area is 183 Å². The van der Waals surface area contributed by atoms with E-state index in [1.54, 1.807) is 4.57 Å². The number of imidazole rings is 1. The van der Waals surface area contributed by atoms with E-state index >= 15 is 0 Å². The van der Waals surface area contributed by atoms with Crippen LogP contribution in [0.4, 0.5) is 0 Å². The lowest BCUT2D eigenvalue weighted by Crippen LogP contribution is -2.30. The number of carbonyl (C=O) groups excluding carboxylic acids is 1. The summed E-state index contributed by atoms with van der Waals surface area (Å²) >= 11 is 0. The van der Waals surface area contributed by atoms with Crippen LogP contribution in [0.25, 0.3) is 11.2 Å². The fraction of sp³-hybridized carbons (Fsp3) is 0.250. The first kappa shape index (κ1) is 20.0. The summed E-state index contributed by atoms with van der Waals surface area (Å²) in [6.45, 7) is 0.510. The van der Waals surface area contributed by atoms with E-state index in [1.165, 1.54) is 4.57 Å². The van der Waals surface area contributed by atoms with Crippen molar-refractivity contribution in [3.05, 3.63) is 98.5 Å². The first-order valence-corrected chi connectivity index (χ1v) is 10.6. The number of fused-ring (bicyclic) bond motifs is 1. The maximum absolute atomic E-state index is 12.8. The topological polar surface area (TPSA) is 99.0 Å². The number of nitrogens with zero attached hydrogens (tertiary/aromatic N) is 3. The SMILES string of the molecule is O=C(Cc1nc2c(c(=O)[nH]c(=O)n2C2CC2)n1Cc1ccccc1)OCc1ccccc1. The lowest BCUT2D eigenvalue weighted by Gasteiger charge is -2.10. The minimum atomic E-state index is -0.505. The summed E-state index contributed by atoms with van der Waals surface area (Å²) in [6, 6.07) is 19.1. The normalized spacial score (nSPS) is 13.4. The Hall–Kier alpha value is -3.94. The van der Waals surface area contributed by atoms with Gasteiger partial charge in [0.05, 0.1) is 0 Å². The molecule has 0 radical (unpaired) electrons. The summed E-state index contributed by atoms with van der Waals surface area (Å²) in [4.78, 5) is 44.9. The highest BCUT2D eigenvalue weighted by Gasteiger charge is 2.30. The van der Waals surface area contributed by atoms with E-state index in [2.05, 4.69) is 9.97 Å². The first-order valence-electron chi connectivity index (χ1n) is 10.6. The van der Waals surface area contributed by atoms with Gasteiger partial charge < -0.3 is 9.30 Å². The Bertz CT molecular complexity index is 1380. The van der Waals surface area contributed by atoms with E-state index in [9.17, 15) is 14.4 Å². The average Bonchev–Trinajstić information content (AvgIpc) is 3.57. The Balaban J connectivity index is 1.53. The number of nitrogens with one attached hydrogen (secondary N) is 1. The summed E-state index contributed by atoms with van der Waals surface area (Å²) in [7, 11) is 0. The number of carbonyl (C=O) groups is 1. The average molecular weight is 430 g/mol. The fourth-order valence-electron chi connectivity index (χ4n) is 3.85. The molecule has 162 valence electrons. The molecule has 8 heteroatoms. The largest absolute Gasteiger partial charge is 0.460 e. The second-order valence-electron chi connectivity index (χ2n) is 7.96. The fourth-order valence-corrected chi connectivity index (χ4v) is 3.85. The molecule has 5 rings (SSSR count). The highest BCUT2D eigenvalue weighted by molar-refractivity contribution is 5.76. The number of aromatic amines is 1. The van der Waals surface area contributed by atoms with Crippen LogP contribution < -0.4 is 11.2 Å².